The van der Waals surface area contributed by atoms with Gasteiger partial charge in [0.1, 0.15) is 11.5 Å². The van der Waals surface area contributed by atoms with Crippen LogP contribution >= 0.6 is 15.9 Å². The summed E-state index contributed by atoms with van der Waals surface area (Å²) in [5, 5.41) is 0. The van der Waals surface area contributed by atoms with Gasteiger partial charge in [-0.05, 0) is 65.2 Å². The summed E-state index contributed by atoms with van der Waals surface area (Å²) in [6.07, 6.45) is 3.98. The minimum absolute atomic E-state index is 0.341. The van der Waals surface area contributed by atoms with Crippen LogP contribution in [-0.2, 0) is 0 Å². The van der Waals surface area contributed by atoms with E-state index in [-0.39, 0.29) is 0 Å². The van der Waals surface area contributed by atoms with E-state index in [0.717, 1.165) is 40.6 Å². The van der Waals surface area contributed by atoms with Crippen LogP contribution in [0.3, 0.4) is 0 Å². The Morgan fingerprint density at radius 1 is 1.11 bits per heavy atom. The molecular formula is C15H21BrO2. The lowest BCUT2D eigenvalue weighted by Crippen LogP contribution is -2.28. The van der Waals surface area contributed by atoms with Crippen LogP contribution in [0.5, 0.6) is 11.5 Å². The second kappa shape index (κ2) is 5.96. The highest BCUT2D eigenvalue weighted by atomic mass is 79.9. The van der Waals surface area contributed by atoms with E-state index >= 15 is 0 Å². The van der Waals surface area contributed by atoms with Crippen LogP contribution in [0.25, 0.3) is 0 Å². The molecule has 3 heteroatoms. The molecule has 0 N–H and O–H groups in total. The van der Waals surface area contributed by atoms with Crippen LogP contribution in [0.15, 0.2) is 22.7 Å². The van der Waals surface area contributed by atoms with Crippen molar-refractivity contribution in [2.75, 3.05) is 7.11 Å². The van der Waals surface area contributed by atoms with Gasteiger partial charge in [0, 0.05) is 0 Å². The van der Waals surface area contributed by atoms with Crippen molar-refractivity contribution in [3.05, 3.63) is 22.7 Å². The number of ether oxygens (including phenoxy) is 2. The van der Waals surface area contributed by atoms with Gasteiger partial charge in [-0.3, -0.25) is 0 Å². The number of halogens is 1. The number of hydrogen-bond acceptors (Lipinski definition) is 2. The Balaban J connectivity index is 2.04. The summed E-state index contributed by atoms with van der Waals surface area (Å²) >= 11 is 3.54. The normalized spacial score (nSPS) is 27.9. The molecule has 18 heavy (non-hydrogen) atoms. The quantitative estimate of drug-likeness (QED) is 0.808. The summed E-state index contributed by atoms with van der Waals surface area (Å²) in [5.41, 5.74) is 0. The summed E-state index contributed by atoms with van der Waals surface area (Å²) in [6, 6.07) is 5.87. The highest BCUT2D eigenvalue weighted by Gasteiger charge is 2.25. The van der Waals surface area contributed by atoms with Gasteiger partial charge in [-0.15, -0.1) is 0 Å². The SMILES string of the molecule is COc1ccc(OC2CC(C)CC(C)C2)c(Br)c1. The molecule has 1 aromatic carbocycles. The highest BCUT2D eigenvalue weighted by Crippen LogP contribution is 2.35. The monoisotopic (exact) mass is 312 g/mol. The summed E-state index contributed by atoms with van der Waals surface area (Å²) in [6.45, 7) is 4.63. The molecular weight excluding hydrogens is 292 g/mol. The fourth-order valence-electron chi connectivity index (χ4n) is 2.85. The third kappa shape index (κ3) is 3.41. The maximum Gasteiger partial charge on any atom is 0.134 e. The first-order chi connectivity index (χ1) is 8.58. The highest BCUT2D eigenvalue weighted by molar-refractivity contribution is 9.10. The predicted octanol–water partition coefficient (Wildman–Crippen LogP) is 4.66. The first-order valence-electron chi connectivity index (χ1n) is 6.58. The third-order valence-corrected chi connectivity index (χ3v) is 4.19. The number of rotatable bonds is 3. The van der Waals surface area contributed by atoms with Gasteiger partial charge in [0.2, 0.25) is 0 Å². The Hall–Kier alpha value is -0.700. The van der Waals surface area contributed by atoms with Gasteiger partial charge in [-0.25, -0.2) is 0 Å². The molecule has 2 unspecified atom stereocenters. The van der Waals surface area contributed by atoms with Crippen molar-refractivity contribution in [3.8, 4) is 11.5 Å². The molecule has 1 aliphatic rings. The zero-order valence-corrected chi connectivity index (χ0v) is 12.9. The van der Waals surface area contributed by atoms with E-state index in [9.17, 15) is 0 Å². The lowest BCUT2D eigenvalue weighted by Gasteiger charge is -2.32. The minimum Gasteiger partial charge on any atom is -0.497 e. The lowest BCUT2D eigenvalue weighted by molar-refractivity contribution is 0.100. The van der Waals surface area contributed by atoms with Crippen molar-refractivity contribution >= 4 is 15.9 Å². The summed E-state index contributed by atoms with van der Waals surface area (Å²) in [4.78, 5) is 0. The van der Waals surface area contributed by atoms with Crippen molar-refractivity contribution in [2.24, 2.45) is 11.8 Å². The van der Waals surface area contributed by atoms with Crippen LogP contribution in [0, 0.1) is 11.8 Å². The average molecular weight is 313 g/mol. The Morgan fingerprint density at radius 2 is 1.78 bits per heavy atom. The topological polar surface area (TPSA) is 18.5 Å². The van der Waals surface area contributed by atoms with Crippen molar-refractivity contribution in [1.29, 1.82) is 0 Å². The smallest absolute Gasteiger partial charge is 0.134 e. The Kier molecular flexibility index (Phi) is 4.55. The van der Waals surface area contributed by atoms with E-state index in [4.69, 9.17) is 9.47 Å². The van der Waals surface area contributed by atoms with Gasteiger partial charge in [-0.2, -0.15) is 0 Å². The molecule has 1 aromatic rings. The molecule has 0 bridgehead atoms. The second-order valence-electron chi connectivity index (χ2n) is 5.45. The summed E-state index contributed by atoms with van der Waals surface area (Å²) in [7, 11) is 1.67. The van der Waals surface area contributed by atoms with E-state index in [1.54, 1.807) is 7.11 Å². The molecule has 1 saturated carbocycles. The van der Waals surface area contributed by atoms with Crippen molar-refractivity contribution < 1.29 is 9.47 Å². The van der Waals surface area contributed by atoms with Crippen LogP contribution in [0.1, 0.15) is 33.1 Å². The molecule has 100 valence electrons. The molecule has 1 aliphatic carbocycles. The molecule has 2 atom stereocenters. The molecule has 0 spiro atoms. The van der Waals surface area contributed by atoms with Crippen LogP contribution in [0.2, 0.25) is 0 Å². The van der Waals surface area contributed by atoms with Crippen molar-refractivity contribution in [2.45, 2.75) is 39.2 Å². The molecule has 0 radical (unpaired) electrons. The van der Waals surface area contributed by atoms with Crippen LogP contribution in [-0.4, -0.2) is 13.2 Å². The Bertz CT molecular complexity index is 395. The lowest BCUT2D eigenvalue weighted by atomic mass is 9.82. The first kappa shape index (κ1) is 13.7. The van der Waals surface area contributed by atoms with Gasteiger partial charge < -0.3 is 9.47 Å². The van der Waals surface area contributed by atoms with Crippen molar-refractivity contribution in [1.82, 2.24) is 0 Å². The van der Waals surface area contributed by atoms with Gasteiger partial charge >= 0.3 is 0 Å². The maximum absolute atomic E-state index is 6.12. The fourth-order valence-corrected chi connectivity index (χ4v) is 3.30. The predicted molar refractivity (Wildman–Crippen MR) is 77.3 cm³/mol. The number of methoxy groups -OCH3 is 1. The van der Waals surface area contributed by atoms with Gasteiger partial charge in [0.15, 0.2) is 0 Å². The molecule has 0 aromatic heterocycles. The van der Waals surface area contributed by atoms with Crippen molar-refractivity contribution in [3.63, 3.8) is 0 Å². The zero-order chi connectivity index (χ0) is 13.1. The molecule has 0 aliphatic heterocycles. The van der Waals surface area contributed by atoms with E-state index < -0.39 is 0 Å². The van der Waals surface area contributed by atoms with E-state index in [0.29, 0.717) is 6.10 Å². The maximum atomic E-state index is 6.12. The zero-order valence-electron chi connectivity index (χ0n) is 11.3. The molecule has 1 fully saturated rings. The standard InChI is InChI=1S/C15H21BrO2/c1-10-6-11(2)8-13(7-10)18-15-5-4-12(17-3)9-14(15)16/h4-5,9-11,13H,6-8H2,1-3H3. The third-order valence-electron chi connectivity index (χ3n) is 3.57. The first-order valence-corrected chi connectivity index (χ1v) is 7.38. The minimum atomic E-state index is 0.341. The van der Waals surface area contributed by atoms with E-state index in [1.165, 1.54) is 6.42 Å². The molecule has 2 rings (SSSR count). The van der Waals surface area contributed by atoms with Gasteiger partial charge in [0.05, 0.1) is 17.7 Å². The molecule has 0 heterocycles. The largest absolute Gasteiger partial charge is 0.497 e. The number of benzene rings is 1. The summed E-state index contributed by atoms with van der Waals surface area (Å²) in [5.74, 6) is 3.29. The Morgan fingerprint density at radius 3 is 2.33 bits per heavy atom. The van der Waals surface area contributed by atoms with Gasteiger partial charge in [0.25, 0.3) is 0 Å². The molecule has 0 saturated heterocycles. The average Bonchev–Trinajstić information content (AvgIpc) is 2.30. The molecule has 2 nitrogen and oxygen atoms in total. The number of hydrogen-bond donors (Lipinski definition) is 0. The van der Waals surface area contributed by atoms with Crippen LogP contribution < -0.4 is 9.47 Å². The fraction of sp³-hybridized carbons (Fsp3) is 0.600. The van der Waals surface area contributed by atoms with Gasteiger partial charge in [-0.1, -0.05) is 13.8 Å². The Labute approximate surface area is 118 Å². The second-order valence-corrected chi connectivity index (χ2v) is 6.31. The summed E-state index contributed by atoms with van der Waals surface area (Å²) < 4.78 is 12.3. The molecule has 0 amide bonds. The van der Waals surface area contributed by atoms with E-state index in [2.05, 4.69) is 29.8 Å². The van der Waals surface area contributed by atoms with E-state index in [1.807, 2.05) is 18.2 Å². The van der Waals surface area contributed by atoms with Crippen LogP contribution in [0.4, 0.5) is 0 Å².